The minimum absolute atomic E-state index is 0.484. The third kappa shape index (κ3) is 13.4. The summed E-state index contributed by atoms with van der Waals surface area (Å²) in [4.78, 5) is 0. The topological polar surface area (TPSA) is 0 Å². The molecule has 294 valence electrons. The standard InChI is InChI=1S/2C25H29.C2H6Si.2ClH.Zr/c2*1-25(15-8-3-2-4-9-16-25)19-20-17-22-13-10-14-23(24(22)18-20)21-11-6-5-7-12-21;1-3-2;;;/h2*5-7,10-14,17-18H,2-4,8-9,15-16,19H2,1H3;1-2H3;2*1H;/q2*-1;;;;+4/p-2. The Morgan fingerprint density at radius 1 is 0.500 bits per heavy atom. The number of fused-ring (bicyclic) bond motifs is 2. The van der Waals surface area contributed by atoms with Crippen LogP contribution in [0.3, 0.4) is 0 Å². The Balaban J connectivity index is 0.000000188. The van der Waals surface area contributed by atoms with Crippen LogP contribution in [0, 0.1) is 10.8 Å². The van der Waals surface area contributed by atoms with Gasteiger partial charge in [-0.1, -0.05) is 175 Å². The van der Waals surface area contributed by atoms with Crippen LogP contribution in [-0.2, 0) is 33.7 Å². The molecule has 0 N–H and O–H groups in total. The zero-order chi connectivity index (χ0) is 39.6. The molecule has 0 amide bonds. The molecule has 6 aromatic carbocycles. The molecule has 4 heteroatoms. The molecule has 0 aliphatic heterocycles. The molecule has 0 aromatic heterocycles. The van der Waals surface area contributed by atoms with Crippen molar-refractivity contribution in [3.63, 3.8) is 0 Å². The molecule has 2 aliphatic carbocycles. The molecule has 56 heavy (non-hydrogen) atoms. The van der Waals surface area contributed by atoms with E-state index in [2.05, 4.69) is 148 Å². The van der Waals surface area contributed by atoms with E-state index in [-0.39, 0.29) is 0 Å². The fraction of sp³-hybridized carbons (Fsp3) is 0.423. The van der Waals surface area contributed by atoms with E-state index >= 15 is 0 Å². The predicted molar refractivity (Wildman–Crippen MR) is 247 cm³/mol. The summed E-state index contributed by atoms with van der Waals surface area (Å²) in [5.41, 5.74) is 9.40. The van der Waals surface area contributed by atoms with Gasteiger partial charge in [-0.25, -0.2) is 0 Å². The molecule has 2 aliphatic rings. The summed E-state index contributed by atoms with van der Waals surface area (Å²) in [5, 5.41) is 5.62. The van der Waals surface area contributed by atoms with Gasteiger partial charge >= 0.3 is 37.9 Å². The Bertz CT molecular complexity index is 1830. The van der Waals surface area contributed by atoms with Crippen molar-refractivity contribution in [1.82, 2.24) is 0 Å². The van der Waals surface area contributed by atoms with Crippen LogP contribution in [0.15, 0.2) is 121 Å². The third-order valence-corrected chi connectivity index (χ3v) is 12.2. The molecular formula is C52H64Cl2SiZr. The van der Waals surface area contributed by atoms with Gasteiger partial charge in [0, 0.05) is 9.52 Å². The van der Waals surface area contributed by atoms with E-state index in [9.17, 15) is 0 Å². The van der Waals surface area contributed by atoms with Crippen molar-refractivity contribution in [3.05, 3.63) is 132 Å². The number of hydrogen-bond acceptors (Lipinski definition) is 0. The summed E-state index contributed by atoms with van der Waals surface area (Å²) in [6.45, 7) is 9.35. The fourth-order valence-corrected chi connectivity index (χ4v) is 9.39. The molecule has 0 saturated heterocycles. The van der Waals surface area contributed by atoms with Gasteiger partial charge in [-0.05, 0) is 60.5 Å². The Morgan fingerprint density at radius 3 is 1.16 bits per heavy atom. The van der Waals surface area contributed by atoms with Crippen molar-refractivity contribution in [2.45, 2.75) is 130 Å². The van der Waals surface area contributed by atoms with Crippen LogP contribution < -0.4 is 0 Å². The maximum absolute atomic E-state index is 4.93. The van der Waals surface area contributed by atoms with E-state index < -0.39 is 20.8 Å². The van der Waals surface area contributed by atoms with E-state index in [4.69, 9.17) is 17.0 Å². The second-order valence-electron chi connectivity index (χ2n) is 17.2. The first-order valence-corrected chi connectivity index (χ1v) is 29.7. The molecule has 0 atom stereocenters. The molecule has 0 unspecified atom stereocenters. The Morgan fingerprint density at radius 2 is 0.821 bits per heavy atom. The third-order valence-electron chi connectivity index (χ3n) is 12.2. The fourth-order valence-electron chi connectivity index (χ4n) is 9.39. The van der Waals surface area contributed by atoms with Crippen LogP contribution in [0.5, 0.6) is 0 Å². The van der Waals surface area contributed by atoms with Crippen molar-refractivity contribution in [2.75, 3.05) is 0 Å². The van der Waals surface area contributed by atoms with Crippen molar-refractivity contribution in [3.8, 4) is 22.3 Å². The molecular weight excluding hydrogens is 815 g/mol. The van der Waals surface area contributed by atoms with Crippen LogP contribution >= 0.6 is 17.0 Å². The van der Waals surface area contributed by atoms with Gasteiger partial charge < -0.3 is 0 Å². The van der Waals surface area contributed by atoms with Crippen molar-refractivity contribution >= 4 is 48.1 Å². The van der Waals surface area contributed by atoms with E-state index in [1.54, 1.807) is 0 Å². The first-order chi connectivity index (χ1) is 27.3. The summed E-state index contributed by atoms with van der Waals surface area (Å²) in [7, 11) is 11.0. The minimum atomic E-state index is -0.826. The van der Waals surface area contributed by atoms with E-state index in [1.165, 1.54) is 158 Å². The molecule has 2 fully saturated rings. The SMILES string of the molecule is CC1(Cc2cc3c(-c4ccccc4)cccc3[cH-]2)CCCCCCC1.CC1(Cc2cc3c(-c4ccccc4)cccc3[cH-]2)CCCCCCC1.C[Si]C.[Cl][Zr+2][Cl]. The summed E-state index contributed by atoms with van der Waals surface area (Å²) < 4.78 is 0. The summed E-state index contributed by atoms with van der Waals surface area (Å²) in [6.07, 6.45) is 22.2. The zero-order valence-corrected chi connectivity index (χ0v) is 39.6. The normalized spacial score (nSPS) is 16.5. The Hall–Kier alpha value is -2.22. The van der Waals surface area contributed by atoms with Crippen LogP contribution in [0.4, 0.5) is 0 Å². The summed E-state index contributed by atoms with van der Waals surface area (Å²) in [6, 6.07) is 44.9. The zero-order valence-electron chi connectivity index (χ0n) is 34.6. The molecule has 0 spiro atoms. The van der Waals surface area contributed by atoms with Gasteiger partial charge in [0.1, 0.15) is 0 Å². The summed E-state index contributed by atoms with van der Waals surface area (Å²) in [5.74, 6) is 0. The maximum atomic E-state index is 4.93. The van der Waals surface area contributed by atoms with Gasteiger partial charge in [0.25, 0.3) is 0 Å². The van der Waals surface area contributed by atoms with Gasteiger partial charge in [0.15, 0.2) is 0 Å². The summed E-state index contributed by atoms with van der Waals surface area (Å²) >= 11 is -0.826. The van der Waals surface area contributed by atoms with Crippen molar-refractivity contribution in [1.29, 1.82) is 0 Å². The molecule has 8 rings (SSSR count). The van der Waals surface area contributed by atoms with Crippen LogP contribution in [-0.4, -0.2) is 9.52 Å². The van der Waals surface area contributed by atoms with Gasteiger partial charge in [-0.3, -0.25) is 0 Å². The quantitative estimate of drug-likeness (QED) is 0.116. The first-order valence-electron chi connectivity index (χ1n) is 21.3. The van der Waals surface area contributed by atoms with Crippen molar-refractivity contribution < 1.29 is 20.8 Å². The van der Waals surface area contributed by atoms with Gasteiger partial charge in [0.05, 0.1) is 0 Å². The van der Waals surface area contributed by atoms with Crippen LogP contribution in [0.2, 0.25) is 13.1 Å². The van der Waals surface area contributed by atoms with Gasteiger partial charge in [-0.2, -0.15) is 12.1 Å². The van der Waals surface area contributed by atoms with Gasteiger partial charge in [0.2, 0.25) is 0 Å². The van der Waals surface area contributed by atoms with Gasteiger partial charge in [-0.15, -0.1) is 69.1 Å². The number of rotatable bonds is 6. The molecule has 0 nitrogen and oxygen atoms in total. The van der Waals surface area contributed by atoms with E-state index in [1.807, 2.05) is 0 Å². The molecule has 0 bridgehead atoms. The number of hydrogen-bond donors (Lipinski definition) is 0. The van der Waals surface area contributed by atoms with E-state index in [0.717, 1.165) is 9.52 Å². The van der Waals surface area contributed by atoms with Crippen LogP contribution in [0.25, 0.3) is 43.8 Å². The average Bonchev–Trinajstić information content (AvgIpc) is 3.80. The number of halogens is 2. The second-order valence-corrected chi connectivity index (χ2v) is 21.9. The van der Waals surface area contributed by atoms with E-state index in [0.29, 0.717) is 10.8 Å². The molecule has 2 saturated carbocycles. The molecule has 2 radical (unpaired) electrons. The second kappa shape index (κ2) is 23.4. The Kier molecular flexibility index (Phi) is 18.7. The molecule has 0 heterocycles. The number of benzene rings is 4. The van der Waals surface area contributed by atoms with Crippen molar-refractivity contribution in [2.24, 2.45) is 10.8 Å². The first kappa shape index (κ1) is 44.9. The van der Waals surface area contributed by atoms with Crippen LogP contribution in [0.1, 0.15) is 115 Å². The molecule has 6 aromatic rings. The monoisotopic (exact) mass is 876 g/mol. The predicted octanol–water partition coefficient (Wildman–Crippen LogP) is 17.2. The Labute approximate surface area is 361 Å². The average molecular weight is 879 g/mol.